The Labute approximate surface area is 131 Å². The van der Waals surface area contributed by atoms with Crippen molar-refractivity contribution >= 4 is 12.0 Å². The van der Waals surface area contributed by atoms with Gasteiger partial charge in [0.1, 0.15) is 11.9 Å². The average molecular weight is 308 g/mol. The van der Waals surface area contributed by atoms with Crippen LogP contribution in [0.25, 0.3) is 0 Å². The van der Waals surface area contributed by atoms with Gasteiger partial charge in [-0.25, -0.2) is 4.79 Å². The Morgan fingerprint density at radius 2 is 2.05 bits per heavy atom. The molecule has 6 heteroatoms. The molecule has 0 radical (unpaired) electrons. The van der Waals surface area contributed by atoms with E-state index in [1.165, 1.54) is 4.90 Å². The van der Waals surface area contributed by atoms with Gasteiger partial charge in [-0.3, -0.25) is 4.79 Å². The molecule has 0 saturated heterocycles. The highest BCUT2D eigenvalue weighted by Gasteiger charge is 2.17. The zero-order valence-electron chi connectivity index (χ0n) is 13.5. The first-order valence-corrected chi connectivity index (χ1v) is 7.24. The third kappa shape index (κ3) is 6.03. The molecule has 0 heterocycles. The molecule has 1 aromatic carbocycles. The number of amides is 2. The summed E-state index contributed by atoms with van der Waals surface area (Å²) in [5.74, 6) is -0.762. The Bertz CT molecular complexity index is 519. The summed E-state index contributed by atoms with van der Waals surface area (Å²) in [6.45, 7) is 5.92. The second-order valence-corrected chi connectivity index (χ2v) is 5.55. The number of nitrogens with one attached hydrogen (secondary N) is 1. The number of benzene rings is 1. The Hall–Kier alpha value is -2.24. The number of carbonyl (C=O) groups is 2. The predicted molar refractivity (Wildman–Crippen MR) is 84.1 cm³/mol. The van der Waals surface area contributed by atoms with Gasteiger partial charge in [-0.2, -0.15) is 0 Å². The van der Waals surface area contributed by atoms with Crippen molar-refractivity contribution in [2.24, 2.45) is 5.92 Å². The van der Waals surface area contributed by atoms with Crippen molar-refractivity contribution < 1.29 is 19.4 Å². The maximum Gasteiger partial charge on any atom is 0.317 e. The fraction of sp³-hybridized carbons (Fsp3) is 0.500. The summed E-state index contributed by atoms with van der Waals surface area (Å²) in [7, 11) is 1.57. The number of hydrogen-bond acceptors (Lipinski definition) is 3. The fourth-order valence-corrected chi connectivity index (χ4v) is 1.90. The minimum Gasteiger partial charge on any atom is -0.489 e. The van der Waals surface area contributed by atoms with E-state index in [9.17, 15) is 9.59 Å². The van der Waals surface area contributed by atoms with Crippen molar-refractivity contribution in [1.82, 2.24) is 10.2 Å². The molecule has 0 bridgehead atoms. The first-order valence-electron chi connectivity index (χ1n) is 7.24. The summed E-state index contributed by atoms with van der Waals surface area (Å²) < 4.78 is 5.72. The lowest BCUT2D eigenvalue weighted by atomic mass is 10.2. The second-order valence-electron chi connectivity index (χ2n) is 5.55. The van der Waals surface area contributed by atoms with Crippen molar-refractivity contribution in [1.29, 1.82) is 0 Å². The molecule has 0 aliphatic heterocycles. The summed E-state index contributed by atoms with van der Waals surface area (Å²) in [6, 6.07) is 7.38. The van der Waals surface area contributed by atoms with E-state index >= 15 is 0 Å². The van der Waals surface area contributed by atoms with Crippen LogP contribution in [-0.2, 0) is 4.79 Å². The van der Waals surface area contributed by atoms with E-state index in [1.807, 2.05) is 38.1 Å². The Morgan fingerprint density at radius 3 is 2.64 bits per heavy atom. The van der Waals surface area contributed by atoms with Crippen LogP contribution in [0.2, 0.25) is 0 Å². The highest BCUT2D eigenvalue weighted by molar-refractivity contribution is 5.75. The van der Waals surface area contributed by atoms with E-state index < -0.39 is 11.9 Å². The van der Waals surface area contributed by atoms with Crippen molar-refractivity contribution in [3.05, 3.63) is 29.8 Å². The minimum atomic E-state index is -0.921. The van der Waals surface area contributed by atoms with Crippen LogP contribution in [0.4, 0.5) is 4.79 Å². The van der Waals surface area contributed by atoms with E-state index in [0.717, 1.165) is 11.3 Å². The molecule has 1 rings (SSSR count). The number of aryl methyl sites for hydroxylation is 1. The molecule has 2 atom stereocenters. The standard InChI is InChI=1S/C16H24N2O4/c1-11-6-5-7-14(8-11)22-13(3)9-17-16(21)18(4)10-12(2)15(19)20/h5-8,12-13H,9-10H2,1-4H3,(H,17,21)(H,19,20). The van der Waals surface area contributed by atoms with Crippen molar-refractivity contribution in [3.63, 3.8) is 0 Å². The molecule has 0 aliphatic carbocycles. The summed E-state index contributed by atoms with van der Waals surface area (Å²) >= 11 is 0. The third-order valence-electron chi connectivity index (χ3n) is 3.18. The molecule has 0 aliphatic rings. The smallest absolute Gasteiger partial charge is 0.317 e. The quantitative estimate of drug-likeness (QED) is 0.809. The van der Waals surface area contributed by atoms with Crippen molar-refractivity contribution in [3.8, 4) is 5.75 Å². The van der Waals surface area contributed by atoms with Gasteiger partial charge in [-0.05, 0) is 31.5 Å². The van der Waals surface area contributed by atoms with Crippen LogP contribution >= 0.6 is 0 Å². The Kier molecular flexibility index (Phi) is 6.69. The molecule has 0 spiro atoms. The van der Waals surface area contributed by atoms with Crippen LogP contribution < -0.4 is 10.1 Å². The molecule has 1 aromatic rings. The lowest BCUT2D eigenvalue weighted by molar-refractivity contribution is -0.141. The topological polar surface area (TPSA) is 78.9 Å². The van der Waals surface area contributed by atoms with Crippen LogP contribution in [0.15, 0.2) is 24.3 Å². The van der Waals surface area contributed by atoms with Gasteiger partial charge in [0.05, 0.1) is 12.5 Å². The van der Waals surface area contributed by atoms with Gasteiger partial charge in [0.2, 0.25) is 0 Å². The zero-order valence-corrected chi connectivity index (χ0v) is 13.5. The van der Waals surface area contributed by atoms with Crippen LogP contribution in [0.3, 0.4) is 0 Å². The van der Waals surface area contributed by atoms with Gasteiger partial charge in [0.25, 0.3) is 0 Å². The molecule has 2 N–H and O–H groups in total. The Morgan fingerprint density at radius 1 is 1.36 bits per heavy atom. The van der Waals surface area contributed by atoms with Crippen molar-refractivity contribution in [2.45, 2.75) is 26.9 Å². The highest BCUT2D eigenvalue weighted by Crippen LogP contribution is 2.13. The Balaban J connectivity index is 2.38. The SMILES string of the molecule is Cc1cccc(OC(C)CNC(=O)N(C)CC(C)C(=O)O)c1. The number of rotatable bonds is 7. The molecular weight excluding hydrogens is 284 g/mol. The minimum absolute atomic E-state index is 0.161. The summed E-state index contributed by atoms with van der Waals surface area (Å²) in [4.78, 5) is 24.0. The molecule has 0 saturated carbocycles. The van der Waals surface area contributed by atoms with Gasteiger partial charge in [0, 0.05) is 13.6 Å². The normalized spacial score (nSPS) is 13.1. The van der Waals surface area contributed by atoms with E-state index in [-0.39, 0.29) is 18.7 Å². The number of ether oxygens (including phenoxy) is 1. The molecule has 122 valence electrons. The van der Waals surface area contributed by atoms with E-state index in [2.05, 4.69) is 5.32 Å². The van der Waals surface area contributed by atoms with Gasteiger partial charge >= 0.3 is 12.0 Å². The van der Waals surface area contributed by atoms with E-state index in [4.69, 9.17) is 9.84 Å². The zero-order chi connectivity index (χ0) is 16.7. The first-order chi connectivity index (χ1) is 10.3. The summed E-state index contributed by atoms with van der Waals surface area (Å²) in [6.07, 6.45) is -0.184. The molecule has 2 amide bonds. The molecular formula is C16H24N2O4. The highest BCUT2D eigenvalue weighted by atomic mass is 16.5. The van der Waals surface area contributed by atoms with E-state index in [1.54, 1.807) is 14.0 Å². The largest absolute Gasteiger partial charge is 0.489 e. The summed E-state index contributed by atoms with van der Waals surface area (Å²) in [5, 5.41) is 11.6. The molecule has 22 heavy (non-hydrogen) atoms. The monoisotopic (exact) mass is 308 g/mol. The number of aliphatic carboxylic acids is 1. The van der Waals surface area contributed by atoms with Gasteiger partial charge in [-0.1, -0.05) is 19.1 Å². The maximum atomic E-state index is 11.9. The summed E-state index contributed by atoms with van der Waals surface area (Å²) in [5.41, 5.74) is 1.11. The number of carboxylic acid groups (broad SMARTS) is 1. The predicted octanol–water partition coefficient (Wildman–Crippen LogP) is 2.12. The average Bonchev–Trinajstić information content (AvgIpc) is 2.44. The van der Waals surface area contributed by atoms with Crippen LogP contribution in [-0.4, -0.2) is 48.2 Å². The fourth-order valence-electron chi connectivity index (χ4n) is 1.90. The number of hydrogen-bond donors (Lipinski definition) is 2. The molecule has 2 unspecified atom stereocenters. The maximum absolute atomic E-state index is 11.9. The third-order valence-corrected chi connectivity index (χ3v) is 3.18. The lowest BCUT2D eigenvalue weighted by Gasteiger charge is -2.22. The number of carbonyl (C=O) groups excluding carboxylic acids is 1. The number of urea groups is 1. The van der Waals surface area contributed by atoms with E-state index in [0.29, 0.717) is 6.54 Å². The van der Waals surface area contributed by atoms with Crippen LogP contribution in [0.5, 0.6) is 5.75 Å². The molecule has 0 aromatic heterocycles. The molecule has 0 fully saturated rings. The molecule has 6 nitrogen and oxygen atoms in total. The van der Waals surface area contributed by atoms with Gasteiger partial charge in [0.15, 0.2) is 0 Å². The van der Waals surface area contributed by atoms with Gasteiger partial charge < -0.3 is 20.1 Å². The van der Waals surface area contributed by atoms with Crippen molar-refractivity contribution in [2.75, 3.05) is 20.1 Å². The second kappa shape index (κ2) is 8.26. The number of nitrogens with zero attached hydrogens (tertiary/aromatic N) is 1. The van der Waals surface area contributed by atoms with Gasteiger partial charge in [-0.15, -0.1) is 0 Å². The van der Waals surface area contributed by atoms with Crippen LogP contribution in [0, 0.1) is 12.8 Å². The number of carboxylic acids is 1. The van der Waals surface area contributed by atoms with Crippen LogP contribution in [0.1, 0.15) is 19.4 Å². The first kappa shape index (κ1) is 17.8. The lowest BCUT2D eigenvalue weighted by Crippen LogP contribution is -2.43.